The molecule has 8 heteroatoms. The van der Waals surface area contributed by atoms with Gasteiger partial charge in [-0.15, -0.1) is 13.2 Å². The van der Waals surface area contributed by atoms with Crippen molar-refractivity contribution in [1.29, 1.82) is 0 Å². The highest BCUT2D eigenvalue weighted by Gasteiger charge is 2.48. The minimum atomic E-state index is -4.74. The monoisotopic (exact) mass is 303 g/mol. The van der Waals surface area contributed by atoms with E-state index in [-0.39, 0.29) is 18.2 Å². The van der Waals surface area contributed by atoms with E-state index in [1.54, 1.807) is 0 Å². The van der Waals surface area contributed by atoms with Gasteiger partial charge in [-0.25, -0.2) is 0 Å². The van der Waals surface area contributed by atoms with Crippen LogP contribution in [0.4, 0.5) is 13.2 Å². The smallest absolute Gasteiger partial charge is 0.481 e. The molecule has 2 atom stereocenters. The van der Waals surface area contributed by atoms with Crippen LogP contribution in [0.5, 0.6) is 5.75 Å². The molecule has 1 amide bonds. The van der Waals surface area contributed by atoms with Gasteiger partial charge in [0.2, 0.25) is 5.91 Å². The second-order valence-corrected chi connectivity index (χ2v) is 4.70. The summed E-state index contributed by atoms with van der Waals surface area (Å²) in [5, 5.41) is 11.2. The number of carboxylic acids is 1. The molecule has 1 aliphatic carbocycles. The molecule has 2 N–H and O–H groups in total. The number of amides is 1. The Morgan fingerprint density at radius 3 is 2.33 bits per heavy atom. The van der Waals surface area contributed by atoms with Gasteiger partial charge in [0.25, 0.3) is 0 Å². The first kappa shape index (κ1) is 15.1. The molecule has 1 aliphatic rings. The summed E-state index contributed by atoms with van der Waals surface area (Å²) in [6.45, 7) is 0.119. The Bertz CT molecular complexity index is 541. The molecular formula is C13H12F3NO4. The van der Waals surface area contributed by atoms with E-state index >= 15 is 0 Å². The van der Waals surface area contributed by atoms with Gasteiger partial charge in [-0.05, 0) is 24.1 Å². The van der Waals surface area contributed by atoms with Crippen molar-refractivity contribution in [2.45, 2.75) is 19.3 Å². The normalized spacial score (nSPS) is 20.7. The van der Waals surface area contributed by atoms with Crippen molar-refractivity contribution in [3.63, 3.8) is 0 Å². The first-order valence-electron chi connectivity index (χ1n) is 6.11. The molecule has 1 saturated carbocycles. The largest absolute Gasteiger partial charge is 0.573 e. The molecule has 0 bridgehead atoms. The van der Waals surface area contributed by atoms with Crippen LogP contribution in [0.2, 0.25) is 0 Å². The molecule has 0 spiro atoms. The van der Waals surface area contributed by atoms with Crippen LogP contribution in [-0.2, 0) is 16.1 Å². The van der Waals surface area contributed by atoms with Crippen LogP contribution in [0.25, 0.3) is 0 Å². The van der Waals surface area contributed by atoms with Gasteiger partial charge in [0.15, 0.2) is 0 Å². The zero-order valence-electron chi connectivity index (χ0n) is 10.7. The molecule has 0 unspecified atom stereocenters. The number of nitrogens with one attached hydrogen (secondary N) is 1. The zero-order chi connectivity index (χ0) is 15.6. The van der Waals surface area contributed by atoms with Crippen molar-refractivity contribution in [1.82, 2.24) is 5.32 Å². The molecule has 5 nitrogen and oxygen atoms in total. The average molecular weight is 303 g/mol. The molecule has 1 fully saturated rings. The second kappa shape index (κ2) is 5.63. The van der Waals surface area contributed by atoms with E-state index < -0.39 is 24.2 Å². The fourth-order valence-electron chi connectivity index (χ4n) is 1.89. The number of benzene rings is 1. The van der Waals surface area contributed by atoms with Gasteiger partial charge in [0, 0.05) is 6.54 Å². The van der Waals surface area contributed by atoms with Crippen LogP contribution in [0.1, 0.15) is 12.0 Å². The molecule has 0 aliphatic heterocycles. The maximum atomic E-state index is 12.0. The van der Waals surface area contributed by atoms with Crippen molar-refractivity contribution in [3.05, 3.63) is 29.8 Å². The van der Waals surface area contributed by atoms with Gasteiger partial charge in [-0.2, -0.15) is 0 Å². The fourth-order valence-corrected chi connectivity index (χ4v) is 1.89. The Hall–Kier alpha value is -2.25. The summed E-state index contributed by atoms with van der Waals surface area (Å²) < 4.78 is 39.6. The number of rotatable bonds is 5. The predicted molar refractivity (Wildman–Crippen MR) is 64.2 cm³/mol. The Balaban J connectivity index is 1.82. The quantitative estimate of drug-likeness (QED) is 0.871. The molecular weight excluding hydrogens is 291 g/mol. The van der Waals surface area contributed by atoms with Gasteiger partial charge >= 0.3 is 12.3 Å². The highest BCUT2D eigenvalue weighted by Crippen LogP contribution is 2.38. The van der Waals surface area contributed by atoms with Gasteiger partial charge in [0.1, 0.15) is 5.75 Å². The fraction of sp³-hybridized carbons (Fsp3) is 0.385. The van der Waals surface area contributed by atoms with E-state index in [2.05, 4.69) is 10.1 Å². The van der Waals surface area contributed by atoms with E-state index in [1.165, 1.54) is 12.1 Å². The van der Waals surface area contributed by atoms with Crippen LogP contribution in [-0.4, -0.2) is 23.3 Å². The van der Waals surface area contributed by atoms with Gasteiger partial charge in [-0.3, -0.25) is 9.59 Å². The van der Waals surface area contributed by atoms with Crippen molar-refractivity contribution in [2.75, 3.05) is 0 Å². The minimum Gasteiger partial charge on any atom is -0.481 e. The van der Waals surface area contributed by atoms with E-state index in [4.69, 9.17) is 5.11 Å². The minimum absolute atomic E-state index is 0.119. The first-order valence-corrected chi connectivity index (χ1v) is 6.11. The lowest BCUT2D eigenvalue weighted by Gasteiger charge is -2.09. The predicted octanol–water partition coefficient (Wildman–Crippen LogP) is 1.92. The summed E-state index contributed by atoms with van der Waals surface area (Å²) in [7, 11) is 0. The van der Waals surface area contributed by atoms with Crippen molar-refractivity contribution < 1.29 is 32.6 Å². The summed E-state index contributed by atoms with van der Waals surface area (Å²) in [4.78, 5) is 22.2. The average Bonchev–Trinajstić information content (AvgIpc) is 3.16. The van der Waals surface area contributed by atoms with E-state index in [1.807, 2.05) is 0 Å². The highest BCUT2D eigenvalue weighted by atomic mass is 19.4. The molecule has 114 valence electrons. The Kier molecular flexibility index (Phi) is 4.06. The van der Waals surface area contributed by atoms with E-state index in [0.717, 1.165) is 12.1 Å². The standard InChI is InChI=1S/C13H12F3NO4/c14-13(15,16)21-8-3-1-7(2-4-8)6-17-11(18)9-5-10(9)12(19)20/h1-4,9-10H,5-6H2,(H,17,18)(H,19,20)/t9-,10-/m0/s1. The molecule has 1 aromatic rings. The molecule has 0 radical (unpaired) electrons. The molecule has 0 saturated heterocycles. The number of ether oxygens (including phenoxy) is 1. The Morgan fingerprint density at radius 1 is 1.24 bits per heavy atom. The summed E-state index contributed by atoms with van der Waals surface area (Å²) >= 11 is 0. The number of alkyl halides is 3. The third kappa shape index (κ3) is 4.37. The summed E-state index contributed by atoms with van der Waals surface area (Å²) in [6.07, 6.45) is -4.42. The van der Waals surface area contributed by atoms with E-state index in [0.29, 0.717) is 12.0 Å². The molecule has 21 heavy (non-hydrogen) atoms. The molecule has 2 rings (SSSR count). The lowest BCUT2D eigenvalue weighted by Crippen LogP contribution is -2.25. The van der Waals surface area contributed by atoms with Crippen LogP contribution < -0.4 is 10.1 Å². The lowest BCUT2D eigenvalue weighted by atomic mass is 10.2. The second-order valence-electron chi connectivity index (χ2n) is 4.70. The number of halogens is 3. The number of hydrogen-bond acceptors (Lipinski definition) is 3. The van der Waals surface area contributed by atoms with Crippen molar-refractivity contribution in [2.24, 2.45) is 11.8 Å². The number of carbonyl (C=O) groups is 2. The third-order valence-corrected chi connectivity index (χ3v) is 3.07. The molecule has 1 aromatic carbocycles. The number of hydrogen-bond donors (Lipinski definition) is 2. The Labute approximate surface area is 117 Å². The number of carboxylic acid groups (broad SMARTS) is 1. The summed E-state index contributed by atoms with van der Waals surface area (Å²) in [5.74, 6) is -2.85. The molecule has 0 heterocycles. The number of aliphatic carboxylic acids is 1. The highest BCUT2D eigenvalue weighted by molar-refractivity contribution is 5.89. The molecule has 0 aromatic heterocycles. The van der Waals surface area contributed by atoms with Crippen LogP contribution in [0.15, 0.2) is 24.3 Å². The van der Waals surface area contributed by atoms with E-state index in [9.17, 15) is 22.8 Å². The topological polar surface area (TPSA) is 75.6 Å². The third-order valence-electron chi connectivity index (χ3n) is 3.07. The zero-order valence-corrected chi connectivity index (χ0v) is 10.7. The summed E-state index contributed by atoms with van der Waals surface area (Å²) in [5.41, 5.74) is 0.588. The van der Waals surface area contributed by atoms with Crippen LogP contribution in [0.3, 0.4) is 0 Å². The Morgan fingerprint density at radius 2 is 1.86 bits per heavy atom. The first-order chi connectivity index (χ1) is 9.76. The van der Waals surface area contributed by atoms with Gasteiger partial charge in [0.05, 0.1) is 11.8 Å². The maximum absolute atomic E-state index is 12.0. The van der Waals surface area contributed by atoms with Crippen molar-refractivity contribution in [3.8, 4) is 5.75 Å². The van der Waals surface area contributed by atoms with Gasteiger partial charge in [-0.1, -0.05) is 12.1 Å². The number of carbonyl (C=O) groups excluding carboxylic acids is 1. The SMILES string of the molecule is O=C(O)[C@H]1C[C@@H]1C(=O)NCc1ccc(OC(F)(F)F)cc1. The van der Waals surface area contributed by atoms with Crippen LogP contribution >= 0.6 is 0 Å². The lowest BCUT2D eigenvalue weighted by molar-refractivity contribution is -0.274. The van der Waals surface area contributed by atoms with Crippen LogP contribution in [0, 0.1) is 11.8 Å². The van der Waals surface area contributed by atoms with Gasteiger partial charge < -0.3 is 15.2 Å². The maximum Gasteiger partial charge on any atom is 0.573 e. The van der Waals surface area contributed by atoms with Crippen molar-refractivity contribution >= 4 is 11.9 Å². The summed E-state index contributed by atoms with van der Waals surface area (Å²) in [6, 6.07) is 5.07.